The summed E-state index contributed by atoms with van der Waals surface area (Å²) in [5, 5.41) is 3.57. The molecule has 0 N–H and O–H groups in total. The molecule has 254 valence electrons. The van der Waals surface area contributed by atoms with Gasteiger partial charge >= 0.3 is 0 Å². The van der Waals surface area contributed by atoms with E-state index in [9.17, 15) is 8.42 Å². The Morgan fingerprint density at radius 2 is 1.19 bits per heavy atom. The predicted octanol–water partition coefficient (Wildman–Crippen LogP) is 10.7. The zero-order valence-corrected chi connectivity index (χ0v) is 29.8. The van der Waals surface area contributed by atoms with E-state index in [0.29, 0.717) is 38.4 Å². The number of fused-ring (bicyclic) bond motifs is 9. The van der Waals surface area contributed by atoms with Crippen LogP contribution in [0.1, 0.15) is 44.6 Å². The molecular weight excluding hydrogens is 659 g/mol. The largest absolute Gasteiger partial charge is 0.218 e. The summed E-state index contributed by atoms with van der Waals surface area (Å²) in [7, 11) is -3.84. The molecule has 0 amide bonds. The molecule has 3 saturated carbocycles. The van der Waals surface area contributed by atoms with Crippen molar-refractivity contribution in [2.24, 2.45) is 23.7 Å². The van der Waals surface area contributed by atoms with E-state index < -0.39 is 9.84 Å². The van der Waals surface area contributed by atoms with E-state index in [2.05, 4.69) is 37.3 Å². The van der Waals surface area contributed by atoms with Gasteiger partial charge in [0, 0.05) is 33.2 Å². The summed E-state index contributed by atoms with van der Waals surface area (Å²) in [5.74, 6) is 5.08. The Hall–Kier alpha value is -5.20. The molecule has 3 aliphatic carbocycles. The maximum absolute atomic E-state index is 14.5. The molecule has 2 bridgehead atoms. The van der Waals surface area contributed by atoms with Gasteiger partial charge in [0.25, 0.3) is 0 Å². The van der Waals surface area contributed by atoms with Crippen molar-refractivity contribution >= 4 is 31.4 Å². The van der Waals surface area contributed by atoms with E-state index >= 15 is 0 Å². The Morgan fingerprint density at radius 1 is 0.558 bits per heavy atom. The number of aromatic nitrogens is 3. The normalized spacial score (nSPS) is 25.0. The zero-order chi connectivity index (χ0) is 34.8. The highest BCUT2D eigenvalue weighted by molar-refractivity contribution is 7.92. The molecule has 5 atom stereocenters. The topological polar surface area (TPSA) is 72.8 Å². The van der Waals surface area contributed by atoms with Crippen molar-refractivity contribution in [3.05, 3.63) is 127 Å². The Labute approximate surface area is 303 Å². The lowest BCUT2D eigenvalue weighted by molar-refractivity contribution is 0.0780. The third-order valence-electron chi connectivity index (χ3n) is 12.9. The molecular formula is C46H37N3O2S. The monoisotopic (exact) mass is 695 g/mol. The van der Waals surface area contributed by atoms with E-state index in [4.69, 9.17) is 15.0 Å². The molecule has 52 heavy (non-hydrogen) atoms. The Balaban J connectivity index is 1.11. The first-order valence-electron chi connectivity index (χ1n) is 18.6. The predicted molar refractivity (Wildman–Crippen MR) is 206 cm³/mol. The van der Waals surface area contributed by atoms with Crippen LogP contribution in [0.2, 0.25) is 0 Å². The number of hydrogen-bond donors (Lipinski definition) is 0. The van der Waals surface area contributed by atoms with Crippen LogP contribution in [0.3, 0.4) is 0 Å². The van der Waals surface area contributed by atoms with Crippen LogP contribution in [-0.2, 0) is 15.3 Å². The highest BCUT2D eigenvalue weighted by Crippen LogP contribution is 2.65. The van der Waals surface area contributed by atoms with E-state index in [0.717, 1.165) is 61.9 Å². The van der Waals surface area contributed by atoms with Crippen molar-refractivity contribution in [2.75, 3.05) is 0 Å². The van der Waals surface area contributed by atoms with Crippen LogP contribution in [0.4, 0.5) is 0 Å². The molecule has 7 aromatic rings. The molecule has 1 aliphatic heterocycles. The first-order chi connectivity index (χ1) is 25.4. The minimum atomic E-state index is -3.84. The van der Waals surface area contributed by atoms with Crippen molar-refractivity contribution in [3.63, 3.8) is 0 Å². The molecule has 2 heterocycles. The van der Waals surface area contributed by atoms with Gasteiger partial charge in [-0.25, -0.2) is 23.4 Å². The standard InChI is InChI=1S/C46H37N3O2S/c1-27-22-30-23-31-25-46(24-27,26-38(30)31)32-20-18-29(19-21-32)44-47-43(28-10-3-2-4-11-28)48-45(49-44)37-16-9-17-39-40(37)41-35-14-7-5-12-33(35)34-13-6-8-15-36(34)42(41)52(39,50)51/h2-21,27,30-31,38H,22-26H2,1H3/t27-,30-,31-,38?,46?/m0/s1. The molecule has 3 fully saturated rings. The van der Waals surface area contributed by atoms with Crippen LogP contribution < -0.4 is 0 Å². The van der Waals surface area contributed by atoms with Crippen molar-refractivity contribution in [1.29, 1.82) is 0 Å². The number of hydrogen-bond acceptors (Lipinski definition) is 5. The summed E-state index contributed by atoms with van der Waals surface area (Å²) in [6.45, 7) is 2.46. The van der Waals surface area contributed by atoms with E-state index in [1.807, 2.05) is 84.9 Å². The summed E-state index contributed by atoms with van der Waals surface area (Å²) in [6.07, 6.45) is 6.73. The average Bonchev–Trinajstić information content (AvgIpc) is 3.56. The summed E-state index contributed by atoms with van der Waals surface area (Å²) in [5.41, 5.74) is 5.59. The third kappa shape index (κ3) is 4.27. The number of rotatable bonds is 4. The van der Waals surface area contributed by atoms with Crippen molar-refractivity contribution in [3.8, 4) is 45.3 Å². The first kappa shape index (κ1) is 30.4. The number of nitrogens with zero attached hydrogens (tertiary/aromatic N) is 3. The maximum atomic E-state index is 14.5. The lowest BCUT2D eigenvalue weighted by Gasteiger charge is -2.42. The second kappa shape index (κ2) is 10.9. The molecule has 6 heteroatoms. The molecule has 0 saturated heterocycles. The highest BCUT2D eigenvalue weighted by atomic mass is 32.2. The van der Waals surface area contributed by atoms with Crippen molar-refractivity contribution in [2.45, 2.75) is 54.2 Å². The van der Waals surface area contributed by atoms with Gasteiger partial charge in [-0.1, -0.05) is 122 Å². The van der Waals surface area contributed by atoms with Gasteiger partial charge in [-0.15, -0.1) is 0 Å². The lowest BCUT2D eigenvalue weighted by atomic mass is 9.63. The van der Waals surface area contributed by atoms with E-state index in [1.165, 1.54) is 37.7 Å². The van der Waals surface area contributed by atoms with Gasteiger partial charge in [0.1, 0.15) is 0 Å². The number of benzene rings is 6. The smallest absolute Gasteiger partial charge is 0.208 e. The van der Waals surface area contributed by atoms with Crippen LogP contribution >= 0.6 is 0 Å². The van der Waals surface area contributed by atoms with Crippen LogP contribution in [0.15, 0.2) is 131 Å². The van der Waals surface area contributed by atoms with E-state index in [1.54, 1.807) is 6.07 Å². The van der Waals surface area contributed by atoms with Crippen molar-refractivity contribution < 1.29 is 8.42 Å². The SMILES string of the molecule is C[C@H]1C[C@H]2C[C@H]3CC(c4ccc(-c5nc(-c6ccccc6)nc(-c6cccc7c6-c6c(c8ccccc8c8ccccc68)S7(=O)=O)n5)cc4)(CC23)C1. The first-order valence-corrected chi connectivity index (χ1v) is 20.1. The Morgan fingerprint density at radius 3 is 1.94 bits per heavy atom. The fourth-order valence-electron chi connectivity index (χ4n) is 10.9. The van der Waals surface area contributed by atoms with Crippen LogP contribution in [0.5, 0.6) is 0 Å². The zero-order valence-electron chi connectivity index (χ0n) is 29.0. The number of sulfone groups is 1. The van der Waals surface area contributed by atoms with Gasteiger partial charge in [0.2, 0.25) is 9.84 Å². The van der Waals surface area contributed by atoms with Crippen LogP contribution in [0, 0.1) is 23.7 Å². The van der Waals surface area contributed by atoms with Gasteiger partial charge in [0.15, 0.2) is 17.5 Å². The van der Waals surface area contributed by atoms with Gasteiger partial charge in [-0.2, -0.15) is 0 Å². The maximum Gasteiger partial charge on any atom is 0.208 e. The quantitative estimate of drug-likeness (QED) is 0.171. The molecule has 0 radical (unpaired) electrons. The minimum absolute atomic E-state index is 0.272. The highest BCUT2D eigenvalue weighted by Gasteiger charge is 2.57. The second-order valence-electron chi connectivity index (χ2n) is 15.9. The molecule has 5 nitrogen and oxygen atoms in total. The average molecular weight is 696 g/mol. The van der Waals surface area contributed by atoms with E-state index in [-0.39, 0.29) is 5.41 Å². The fourth-order valence-corrected chi connectivity index (χ4v) is 12.8. The van der Waals surface area contributed by atoms with Gasteiger partial charge in [-0.3, -0.25) is 0 Å². The van der Waals surface area contributed by atoms with Crippen molar-refractivity contribution in [1.82, 2.24) is 15.0 Å². The molecule has 11 rings (SSSR count). The van der Waals surface area contributed by atoms with Crippen LogP contribution in [-0.4, -0.2) is 23.4 Å². The molecule has 0 spiro atoms. The van der Waals surface area contributed by atoms with Gasteiger partial charge in [0.05, 0.1) is 9.79 Å². The Kier molecular flexibility index (Phi) is 6.38. The van der Waals surface area contributed by atoms with Gasteiger partial charge in [-0.05, 0) is 89.0 Å². The molecule has 4 aliphatic rings. The van der Waals surface area contributed by atoms with Gasteiger partial charge < -0.3 is 0 Å². The fraction of sp³-hybridized carbons (Fsp3) is 0.239. The minimum Gasteiger partial charge on any atom is -0.218 e. The summed E-state index contributed by atoms with van der Waals surface area (Å²) in [4.78, 5) is 15.9. The second-order valence-corrected chi connectivity index (χ2v) is 17.7. The molecule has 2 unspecified atom stereocenters. The summed E-state index contributed by atoms with van der Waals surface area (Å²) < 4.78 is 29.0. The Bertz CT molecular complexity index is 2720. The summed E-state index contributed by atoms with van der Waals surface area (Å²) >= 11 is 0. The third-order valence-corrected chi connectivity index (χ3v) is 14.8. The molecule has 6 aromatic carbocycles. The summed E-state index contributed by atoms with van der Waals surface area (Å²) in [6, 6.07) is 40.4. The lowest BCUT2D eigenvalue weighted by Crippen LogP contribution is -2.34. The van der Waals surface area contributed by atoms with Crippen LogP contribution in [0.25, 0.3) is 66.8 Å². The molecule has 1 aromatic heterocycles.